The third kappa shape index (κ3) is 6.28. The highest BCUT2D eigenvalue weighted by Crippen LogP contribution is 2.16. The zero-order valence-corrected chi connectivity index (χ0v) is 15.2. The summed E-state index contributed by atoms with van der Waals surface area (Å²) < 4.78 is 0. The highest BCUT2D eigenvalue weighted by atomic mass is 32.2. The molecule has 1 unspecified atom stereocenters. The molecule has 0 radical (unpaired) electrons. The molecule has 0 aliphatic heterocycles. The standard InChI is InChI=1S/C17H29N3OS/c1-6-19(3)14(2)10-11-18-17(21)20(4)13-15-8-7-9-16(12-15)22-5/h7-9,12,14H,6,10-11,13H2,1-5H3,(H,18,21). The topological polar surface area (TPSA) is 35.6 Å². The molecule has 5 heteroatoms. The van der Waals surface area contributed by atoms with Gasteiger partial charge in [0, 0.05) is 31.1 Å². The summed E-state index contributed by atoms with van der Waals surface area (Å²) in [4.78, 5) is 17.4. The maximum absolute atomic E-state index is 12.1. The Hall–Kier alpha value is -1.20. The van der Waals surface area contributed by atoms with Gasteiger partial charge in [0.25, 0.3) is 0 Å². The smallest absolute Gasteiger partial charge is 0.317 e. The van der Waals surface area contributed by atoms with Crippen LogP contribution in [0.4, 0.5) is 4.79 Å². The molecule has 2 amide bonds. The van der Waals surface area contributed by atoms with Crippen LogP contribution in [0.5, 0.6) is 0 Å². The summed E-state index contributed by atoms with van der Waals surface area (Å²) in [6.07, 6.45) is 3.02. The van der Waals surface area contributed by atoms with Crippen LogP contribution in [-0.4, -0.2) is 55.3 Å². The molecule has 0 aromatic heterocycles. The Morgan fingerprint density at radius 1 is 1.36 bits per heavy atom. The van der Waals surface area contributed by atoms with Crippen LogP contribution in [0.2, 0.25) is 0 Å². The summed E-state index contributed by atoms with van der Waals surface area (Å²) in [5.41, 5.74) is 1.16. The van der Waals surface area contributed by atoms with E-state index in [1.54, 1.807) is 16.7 Å². The normalized spacial score (nSPS) is 12.3. The molecule has 1 atom stereocenters. The third-order valence-corrected chi connectivity index (χ3v) is 4.72. The fraction of sp³-hybridized carbons (Fsp3) is 0.588. The molecular weight excluding hydrogens is 294 g/mol. The zero-order chi connectivity index (χ0) is 16.5. The quantitative estimate of drug-likeness (QED) is 0.746. The van der Waals surface area contributed by atoms with Crippen LogP contribution in [0, 0.1) is 0 Å². The molecule has 1 rings (SSSR count). The van der Waals surface area contributed by atoms with Crippen molar-refractivity contribution in [1.82, 2.24) is 15.1 Å². The van der Waals surface area contributed by atoms with Crippen LogP contribution in [0.3, 0.4) is 0 Å². The second-order valence-corrected chi connectivity index (χ2v) is 6.53. The van der Waals surface area contributed by atoms with Crippen LogP contribution < -0.4 is 5.32 Å². The predicted molar refractivity (Wildman–Crippen MR) is 95.5 cm³/mol. The molecule has 0 spiro atoms. The summed E-state index contributed by atoms with van der Waals surface area (Å²) in [6.45, 7) is 6.70. The summed E-state index contributed by atoms with van der Waals surface area (Å²) in [5, 5.41) is 3.00. The molecule has 0 heterocycles. The Balaban J connectivity index is 2.38. The van der Waals surface area contributed by atoms with E-state index >= 15 is 0 Å². The van der Waals surface area contributed by atoms with Gasteiger partial charge in [0.2, 0.25) is 0 Å². The fourth-order valence-corrected chi connectivity index (χ4v) is 2.66. The molecule has 22 heavy (non-hydrogen) atoms. The minimum atomic E-state index is -0.0130. The van der Waals surface area contributed by atoms with Crippen molar-refractivity contribution < 1.29 is 4.79 Å². The summed E-state index contributed by atoms with van der Waals surface area (Å²) >= 11 is 1.72. The first kappa shape index (κ1) is 18.8. The van der Waals surface area contributed by atoms with E-state index in [9.17, 15) is 4.79 Å². The number of nitrogens with one attached hydrogen (secondary N) is 1. The van der Waals surface area contributed by atoms with Crippen LogP contribution in [0.1, 0.15) is 25.8 Å². The van der Waals surface area contributed by atoms with Crippen molar-refractivity contribution in [3.63, 3.8) is 0 Å². The van der Waals surface area contributed by atoms with E-state index in [-0.39, 0.29) is 6.03 Å². The SMILES string of the molecule is CCN(C)C(C)CCNC(=O)N(C)Cc1cccc(SC)c1. The first-order valence-corrected chi connectivity index (χ1v) is 9.02. The van der Waals surface area contributed by atoms with Gasteiger partial charge in [0.15, 0.2) is 0 Å². The summed E-state index contributed by atoms with van der Waals surface area (Å²) in [7, 11) is 3.94. The number of urea groups is 1. The molecule has 0 bridgehead atoms. The minimum Gasteiger partial charge on any atom is -0.338 e. The maximum atomic E-state index is 12.1. The van der Waals surface area contributed by atoms with E-state index in [0.717, 1.165) is 18.5 Å². The van der Waals surface area contributed by atoms with Gasteiger partial charge in [0.1, 0.15) is 0 Å². The van der Waals surface area contributed by atoms with Crippen LogP contribution >= 0.6 is 11.8 Å². The molecular formula is C17H29N3OS. The van der Waals surface area contributed by atoms with Gasteiger partial charge < -0.3 is 15.1 Å². The van der Waals surface area contributed by atoms with E-state index in [1.165, 1.54) is 4.90 Å². The van der Waals surface area contributed by atoms with E-state index in [2.05, 4.69) is 55.6 Å². The van der Waals surface area contributed by atoms with Crippen molar-refractivity contribution in [3.8, 4) is 0 Å². The minimum absolute atomic E-state index is 0.0130. The van der Waals surface area contributed by atoms with Gasteiger partial charge in [-0.1, -0.05) is 19.1 Å². The van der Waals surface area contributed by atoms with Crippen molar-refractivity contribution >= 4 is 17.8 Å². The highest BCUT2D eigenvalue weighted by Gasteiger charge is 2.11. The van der Waals surface area contributed by atoms with E-state index < -0.39 is 0 Å². The highest BCUT2D eigenvalue weighted by molar-refractivity contribution is 7.98. The summed E-state index contributed by atoms with van der Waals surface area (Å²) in [5.74, 6) is 0. The van der Waals surface area contributed by atoms with Gasteiger partial charge in [0.05, 0.1) is 0 Å². The van der Waals surface area contributed by atoms with E-state index in [0.29, 0.717) is 19.1 Å². The Morgan fingerprint density at radius 2 is 2.09 bits per heavy atom. The Labute approximate surface area is 139 Å². The number of carbonyl (C=O) groups excluding carboxylic acids is 1. The van der Waals surface area contributed by atoms with E-state index in [1.807, 2.05) is 13.1 Å². The second-order valence-electron chi connectivity index (χ2n) is 5.65. The van der Waals surface area contributed by atoms with Crippen molar-refractivity contribution in [3.05, 3.63) is 29.8 Å². The molecule has 0 aliphatic rings. The molecule has 1 aromatic carbocycles. The van der Waals surface area contributed by atoms with Crippen molar-refractivity contribution in [1.29, 1.82) is 0 Å². The van der Waals surface area contributed by atoms with Crippen molar-refractivity contribution in [2.24, 2.45) is 0 Å². The number of benzene rings is 1. The average Bonchev–Trinajstić information content (AvgIpc) is 2.53. The lowest BCUT2D eigenvalue weighted by Crippen LogP contribution is -2.39. The number of nitrogens with zero attached hydrogens (tertiary/aromatic N) is 2. The lowest BCUT2D eigenvalue weighted by atomic mass is 10.2. The molecule has 1 N–H and O–H groups in total. The number of carbonyl (C=O) groups is 1. The Kier molecular flexibility index (Phi) is 8.35. The van der Waals surface area contributed by atoms with Crippen LogP contribution in [0.25, 0.3) is 0 Å². The third-order valence-electron chi connectivity index (χ3n) is 3.99. The van der Waals surface area contributed by atoms with Crippen LogP contribution in [-0.2, 0) is 6.54 Å². The Bertz CT molecular complexity index is 467. The first-order chi connectivity index (χ1) is 10.5. The largest absolute Gasteiger partial charge is 0.338 e. The van der Waals surface area contributed by atoms with Gasteiger partial charge in [-0.3, -0.25) is 0 Å². The van der Waals surface area contributed by atoms with Crippen molar-refractivity contribution in [2.45, 2.75) is 37.8 Å². The Morgan fingerprint density at radius 3 is 2.73 bits per heavy atom. The molecule has 0 fully saturated rings. The number of rotatable bonds is 8. The van der Waals surface area contributed by atoms with Crippen molar-refractivity contribution in [2.75, 3.05) is 33.4 Å². The molecule has 0 saturated carbocycles. The summed E-state index contributed by atoms with van der Waals surface area (Å²) in [6, 6.07) is 8.78. The van der Waals surface area contributed by atoms with Gasteiger partial charge in [-0.15, -0.1) is 11.8 Å². The van der Waals surface area contributed by atoms with Crippen LogP contribution in [0.15, 0.2) is 29.2 Å². The lowest BCUT2D eigenvalue weighted by Gasteiger charge is -2.24. The molecule has 1 aromatic rings. The number of amides is 2. The van der Waals surface area contributed by atoms with Gasteiger partial charge in [-0.2, -0.15) is 0 Å². The second kappa shape index (κ2) is 9.74. The average molecular weight is 324 g/mol. The monoisotopic (exact) mass is 323 g/mol. The predicted octanol–water partition coefficient (Wildman–Crippen LogP) is 3.28. The van der Waals surface area contributed by atoms with Gasteiger partial charge in [-0.05, 0) is 50.9 Å². The van der Waals surface area contributed by atoms with Gasteiger partial charge in [-0.25, -0.2) is 4.79 Å². The molecule has 4 nitrogen and oxygen atoms in total. The number of thioether (sulfide) groups is 1. The molecule has 0 saturated heterocycles. The molecule has 0 aliphatic carbocycles. The fourth-order valence-electron chi connectivity index (χ4n) is 2.17. The van der Waals surface area contributed by atoms with Gasteiger partial charge >= 0.3 is 6.03 Å². The molecule has 124 valence electrons. The first-order valence-electron chi connectivity index (χ1n) is 7.80. The number of hydrogen-bond donors (Lipinski definition) is 1. The van der Waals surface area contributed by atoms with E-state index in [4.69, 9.17) is 0 Å². The maximum Gasteiger partial charge on any atom is 0.317 e. The zero-order valence-electron chi connectivity index (χ0n) is 14.4. The number of hydrogen-bond acceptors (Lipinski definition) is 3. The lowest BCUT2D eigenvalue weighted by molar-refractivity contribution is 0.203.